The summed E-state index contributed by atoms with van der Waals surface area (Å²) in [4.78, 5) is 0. The van der Waals surface area contributed by atoms with Crippen molar-refractivity contribution in [1.29, 1.82) is 0 Å². The Labute approximate surface area is 97.7 Å². The van der Waals surface area contributed by atoms with Crippen molar-refractivity contribution in [3.63, 3.8) is 0 Å². The van der Waals surface area contributed by atoms with Crippen LogP contribution >= 0.6 is 0 Å². The first-order valence-corrected chi connectivity index (χ1v) is 6.06. The molecule has 2 nitrogen and oxygen atoms in total. The van der Waals surface area contributed by atoms with Gasteiger partial charge in [0.15, 0.2) is 0 Å². The Balaban J connectivity index is 2.45. The molecule has 0 saturated carbocycles. The number of phenols is 1. The van der Waals surface area contributed by atoms with Gasteiger partial charge in [-0.05, 0) is 57.4 Å². The van der Waals surface area contributed by atoms with E-state index in [-0.39, 0.29) is 5.54 Å². The fourth-order valence-corrected chi connectivity index (χ4v) is 2.75. The van der Waals surface area contributed by atoms with Gasteiger partial charge in [0.2, 0.25) is 0 Å². The second-order valence-electron chi connectivity index (χ2n) is 5.26. The number of likely N-dealkylation sites (N-methyl/N-ethyl adjacent to an activating group) is 1. The zero-order chi connectivity index (χ0) is 11.8. The molecule has 1 aromatic carbocycles. The third-order valence-electron chi connectivity index (χ3n) is 4.00. The number of aromatic hydroxyl groups is 1. The van der Waals surface area contributed by atoms with Crippen molar-refractivity contribution in [2.45, 2.75) is 44.6 Å². The number of nitrogens with one attached hydrogen (secondary N) is 1. The Morgan fingerprint density at radius 2 is 2.12 bits per heavy atom. The van der Waals surface area contributed by atoms with Crippen LogP contribution in [0.25, 0.3) is 0 Å². The molecule has 1 aliphatic carbocycles. The molecule has 0 fully saturated rings. The molecule has 0 aromatic heterocycles. The minimum atomic E-state index is 0.0863. The summed E-state index contributed by atoms with van der Waals surface area (Å²) in [5, 5.41) is 13.3. The van der Waals surface area contributed by atoms with Crippen LogP contribution in [0.2, 0.25) is 0 Å². The van der Waals surface area contributed by atoms with Gasteiger partial charge in [-0.15, -0.1) is 0 Å². The van der Waals surface area contributed by atoms with Crippen LogP contribution in [0.5, 0.6) is 5.75 Å². The van der Waals surface area contributed by atoms with Gasteiger partial charge >= 0.3 is 0 Å². The molecule has 88 valence electrons. The van der Waals surface area contributed by atoms with E-state index in [1.165, 1.54) is 18.4 Å². The third kappa shape index (κ3) is 1.82. The molecule has 0 radical (unpaired) electrons. The van der Waals surface area contributed by atoms with Gasteiger partial charge in [-0.25, -0.2) is 0 Å². The molecule has 1 aliphatic rings. The summed E-state index contributed by atoms with van der Waals surface area (Å²) < 4.78 is 0. The van der Waals surface area contributed by atoms with E-state index in [2.05, 4.69) is 25.2 Å². The predicted molar refractivity (Wildman–Crippen MR) is 66.9 cm³/mol. The van der Waals surface area contributed by atoms with Gasteiger partial charge < -0.3 is 10.4 Å². The first-order valence-electron chi connectivity index (χ1n) is 6.06. The highest BCUT2D eigenvalue weighted by molar-refractivity contribution is 5.44. The van der Waals surface area contributed by atoms with E-state index in [0.29, 0.717) is 11.7 Å². The minimum Gasteiger partial charge on any atom is -0.508 e. The summed E-state index contributed by atoms with van der Waals surface area (Å²) in [5.74, 6) is 0.961. The molecule has 0 aliphatic heterocycles. The Bertz CT molecular complexity index is 384. The maximum absolute atomic E-state index is 9.89. The normalized spacial score (nSPS) is 20.6. The van der Waals surface area contributed by atoms with Gasteiger partial charge in [0.25, 0.3) is 0 Å². The van der Waals surface area contributed by atoms with Crippen molar-refractivity contribution in [3.8, 4) is 5.75 Å². The third-order valence-corrected chi connectivity index (χ3v) is 4.00. The van der Waals surface area contributed by atoms with Crippen molar-refractivity contribution >= 4 is 0 Å². The molecule has 2 heteroatoms. The highest BCUT2D eigenvalue weighted by atomic mass is 16.3. The van der Waals surface area contributed by atoms with Crippen LogP contribution in [0.4, 0.5) is 0 Å². The van der Waals surface area contributed by atoms with E-state index in [9.17, 15) is 5.11 Å². The number of phenolic OH excluding ortho intramolecular Hbond substituents is 1. The van der Waals surface area contributed by atoms with Crippen molar-refractivity contribution in [2.24, 2.45) is 0 Å². The van der Waals surface area contributed by atoms with Crippen molar-refractivity contribution in [3.05, 3.63) is 29.3 Å². The van der Waals surface area contributed by atoms with Crippen LogP contribution in [0, 0.1) is 0 Å². The lowest BCUT2D eigenvalue weighted by molar-refractivity contribution is 0.310. The maximum atomic E-state index is 9.89. The number of fused-ring (bicyclic) bond motifs is 1. The standard InChI is InChI=1S/C14H21NO/c1-14(2,15-3)12-8-4-7-11-10(12)6-5-9-13(11)16/h5-6,9,12,15-16H,4,7-8H2,1-3H3. The number of rotatable bonds is 2. The smallest absolute Gasteiger partial charge is 0.119 e. The van der Waals surface area contributed by atoms with E-state index in [4.69, 9.17) is 0 Å². The largest absolute Gasteiger partial charge is 0.508 e. The Kier molecular flexibility index (Phi) is 2.94. The molecule has 2 N–H and O–H groups in total. The van der Waals surface area contributed by atoms with Crippen LogP contribution in [-0.2, 0) is 6.42 Å². The molecular formula is C14H21NO. The molecule has 2 rings (SSSR count). The Hall–Kier alpha value is -1.02. The highest BCUT2D eigenvalue weighted by Crippen LogP contribution is 2.41. The molecule has 1 aromatic rings. The van der Waals surface area contributed by atoms with Crippen molar-refractivity contribution in [2.75, 3.05) is 7.05 Å². The second kappa shape index (κ2) is 4.10. The molecule has 1 atom stereocenters. The summed E-state index contributed by atoms with van der Waals surface area (Å²) in [6.07, 6.45) is 3.38. The molecule has 0 bridgehead atoms. The lowest BCUT2D eigenvalue weighted by Gasteiger charge is -2.38. The van der Waals surface area contributed by atoms with Crippen LogP contribution < -0.4 is 5.32 Å². The molecule has 0 amide bonds. The molecule has 0 spiro atoms. The average Bonchev–Trinajstić information content (AvgIpc) is 2.29. The van der Waals surface area contributed by atoms with Gasteiger partial charge in [0.1, 0.15) is 5.75 Å². The van der Waals surface area contributed by atoms with Gasteiger partial charge in [-0.2, -0.15) is 0 Å². The topological polar surface area (TPSA) is 32.3 Å². The van der Waals surface area contributed by atoms with E-state index < -0.39 is 0 Å². The summed E-state index contributed by atoms with van der Waals surface area (Å²) in [7, 11) is 2.01. The van der Waals surface area contributed by atoms with Gasteiger partial charge in [-0.3, -0.25) is 0 Å². The first-order chi connectivity index (χ1) is 7.56. The molecular weight excluding hydrogens is 198 g/mol. The number of hydrogen-bond donors (Lipinski definition) is 2. The molecule has 0 saturated heterocycles. The fraction of sp³-hybridized carbons (Fsp3) is 0.571. The first kappa shape index (κ1) is 11.5. The van der Waals surface area contributed by atoms with Gasteiger partial charge in [0, 0.05) is 11.5 Å². The van der Waals surface area contributed by atoms with Gasteiger partial charge in [-0.1, -0.05) is 12.1 Å². The second-order valence-corrected chi connectivity index (χ2v) is 5.26. The van der Waals surface area contributed by atoms with Gasteiger partial charge in [0.05, 0.1) is 0 Å². The zero-order valence-corrected chi connectivity index (χ0v) is 10.4. The van der Waals surface area contributed by atoms with Crippen molar-refractivity contribution < 1.29 is 5.11 Å². The van der Waals surface area contributed by atoms with Crippen LogP contribution in [0.3, 0.4) is 0 Å². The average molecular weight is 219 g/mol. The quantitative estimate of drug-likeness (QED) is 0.801. The summed E-state index contributed by atoms with van der Waals surface area (Å²) >= 11 is 0. The monoisotopic (exact) mass is 219 g/mol. The van der Waals surface area contributed by atoms with Crippen LogP contribution in [0.1, 0.15) is 43.7 Å². The van der Waals surface area contributed by atoms with E-state index in [0.717, 1.165) is 12.0 Å². The highest BCUT2D eigenvalue weighted by Gasteiger charge is 2.33. The maximum Gasteiger partial charge on any atom is 0.119 e. The van der Waals surface area contributed by atoms with Crippen molar-refractivity contribution in [1.82, 2.24) is 5.32 Å². The summed E-state index contributed by atoms with van der Waals surface area (Å²) in [6.45, 7) is 4.47. The van der Waals surface area contributed by atoms with E-state index in [1.807, 2.05) is 13.1 Å². The van der Waals surface area contributed by atoms with E-state index in [1.54, 1.807) is 6.07 Å². The van der Waals surface area contributed by atoms with Crippen LogP contribution in [0.15, 0.2) is 18.2 Å². The summed E-state index contributed by atoms with van der Waals surface area (Å²) in [5.41, 5.74) is 2.57. The zero-order valence-electron chi connectivity index (χ0n) is 10.4. The SMILES string of the molecule is CNC(C)(C)C1CCCc2c(O)cccc21. The fourth-order valence-electron chi connectivity index (χ4n) is 2.75. The van der Waals surface area contributed by atoms with Crippen LogP contribution in [-0.4, -0.2) is 17.7 Å². The Morgan fingerprint density at radius 3 is 2.81 bits per heavy atom. The molecule has 16 heavy (non-hydrogen) atoms. The summed E-state index contributed by atoms with van der Waals surface area (Å²) in [6, 6.07) is 5.92. The lowest BCUT2D eigenvalue weighted by Crippen LogP contribution is -2.43. The number of benzene rings is 1. The minimum absolute atomic E-state index is 0.0863. The van der Waals surface area contributed by atoms with E-state index >= 15 is 0 Å². The molecule has 1 unspecified atom stereocenters. The Morgan fingerprint density at radius 1 is 1.38 bits per heavy atom. The lowest BCUT2D eigenvalue weighted by atomic mass is 9.73. The molecule has 0 heterocycles. The predicted octanol–water partition coefficient (Wildman–Crippen LogP) is 2.81. The number of hydrogen-bond acceptors (Lipinski definition) is 2.